The molecule has 0 aromatic heterocycles. The van der Waals surface area contributed by atoms with Gasteiger partial charge in [-0.1, -0.05) is 0 Å². The third-order valence-corrected chi connectivity index (χ3v) is 96.6. The second kappa shape index (κ2) is 5.28. The van der Waals surface area contributed by atoms with Gasteiger partial charge in [-0.25, -0.2) is 0 Å². The summed E-state index contributed by atoms with van der Waals surface area (Å²) in [5.41, 5.74) is 0. The Balaban J connectivity index is 2.00. The second-order valence-electron chi connectivity index (χ2n) is 2.38. The summed E-state index contributed by atoms with van der Waals surface area (Å²) in [5.74, 6) is 0. The van der Waals surface area contributed by atoms with Gasteiger partial charge in [-0.05, 0) is 25.7 Å². The standard InChI is InChI=1S/H14OSi7/c1-2-4-6-8-7-5-3-1/h2-8H2. The molecule has 0 radical (unpaired) electrons. The average Bonchev–Trinajstić information content (AvgIpc) is 1.62. The highest BCUT2D eigenvalue weighted by Gasteiger charge is 1.99. The lowest BCUT2D eigenvalue weighted by Crippen LogP contribution is -2.35. The molecule has 1 aliphatic rings. The summed E-state index contributed by atoms with van der Waals surface area (Å²) in [6.45, 7) is 0. The fourth-order valence-electron chi connectivity index (χ4n) is 1.04. The highest BCUT2D eigenvalue weighted by atomic mass is 29.9. The van der Waals surface area contributed by atoms with Gasteiger partial charge in [0.25, 0.3) is 0 Å². The van der Waals surface area contributed by atoms with Crippen LogP contribution in [0.2, 0.25) is 0 Å². The van der Waals surface area contributed by atoms with Crippen molar-refractivity contribution in [2.75, 3.05) is 0 Å². The molecule has 8 heteroatoms. The Bertz CT molecular complexity index is 28.3. The van der Waals surface area contributed by atoms with E-state index in [1.54, 1.807) is 0 Å². The fraction of sp³-hybridized carbons (Fsp3) is 0. The maximum Gasteiger partial charge on any atom is 0.123 e. The number of hydrogen-bond donors (Lipinski definition) is 0. The summed E-state index contributed by atoms with van der Waals surface area (Å²) < 4.78 is 5.77. The molecule has 0 N–H and O–H groups in total. The molecule has 1 rings (SSSR count). The Morgan fingerprint density at radius 1 is 0.625 bits per heavy atom. The minimum absolute atomic E-state index is 0.306. The molecular weight excluding hydrogens is 213 g/mol. The Morgan fingerprint density at radius 2 is 1.12 bits per heavy atom. The van der Waals surface area contributed by atoms with Gasteiger partial charge in [0, 0.05) is 17.1 Å². The molecule has 48 valence electrons. The Kier molecular flexibility index (Phi) is 5.00. The molecule has 1 heterocycles. The normalized spacial score (nSPS) is 45.0. The van der Waals surface area contributed by atoms with Crippen molar-refractivity contribution in [3.63, 3.8) is 0 Å². The minimum Gasteiger partial charge on any atom is -0.472 e. The van der Waals surface area contributed by atoms with Crippen LogP contribution >= 0.6 is 0 Å². The van der Waals surface area contributed by atoms with E-state index >= 15 is 0 Å². The van der Waals surface area contributed by atoms with Crippen molar-refractivity contribution in [3.8, 4) is 0 Å². The van der Waals surface area contributed by atoms with E-state index in [4.69, 9.17) is 4.12 Å². The third kappa shape index (κ3) is 3.49. The van der Waals surface area contributed by atoms with Crippen molar-refractivity contribution >= 4 is 61.3 Å². The van der Waals surface area contributed by atoms with Crippen LogP contribution in [0.1, 0.15) is 0 Å². The van der Waals surface area contributed by atoms with Crippen molar-refractivity contribution in [2.45, 2.75) is 0 Å². The zero-order valence-corrected chi connectivity index (χ0v) is 15.3. The average molecular weight is 227 g/mol. The smallest absolute Gasteiger partial charge is 0.123 e. The summed E-state index contributed by atoms with van der Waals surface area (Å²) in [4.78, 5) is 0. The molecule has 0 aliphatic carbocycles. The molecule has 0 spiro atoms. The lowest BCUT2D eigenvalue weighted by molar-refractivity contribution is 0.675. The molecule has 0 aromatic carbocycles. The van der Waals surface area contributed by atoms with Crippen LogP contribution in [0.15, 0.2) is 0 Å². The van der Waals surface area contributed by atoms with E-state index in [0.717, 1.165) is 25.7 Å². The van der Waals surface area contributed by atoms with Crippen LogP contribution < -0.4 is 0 Å². The summed E-state index contributed by atoms with van der Waals surface area (Å²) in [7, 11) is 4.34. The first kappa shape index (κ1) is 7.58. The summed E-state index contributed by atoms with van der Waals surface area (Å²) >= 11 is 0. The van der Waals surface area contributed by atoms with Gasteiger partial charge in [-0.15, -0.1) is 0 Å². The van der Waals surface area contributed by atoms with E-state index in [0.29, 0.717) is 35.7 Å². The van der Waals surface area contributed by atoms with Crippen molar-refractivity contribution in [2.24, 2.45) is 0 Å². The van der Waals surface area contributed by atoms with Crippen LogP contribution in [0.25, 0.3) is 0 Å². The molecule has 1 aliphatic heterocycles. The molecular formula is H14OSi7. The summed E-state index contributed by atoms with van der Waals surface area (Å²) in [5, 5.41) is 0. The molecule has 1 fully saturated rings. The summed E-state index contributed by atoms with van der Waals surface area (Å²) in [6, 6.07) is 0. The van der Waals surface area contributed by atoms with Crippen molar-refractivity contribution in [1.29, 1.82) is 0 Å². The number of rotatable bonds is 0. The molecule has 0 amide bonds. The predicted molar refractivity (Wildman–Crippen MR) is 60.9 cm³/mol. The Morgan fingerprint density at radius 3 is 1.75 bits per heavy atom. The van der Waals surface area contributed by atoms with Crippen molar-refractivity contribution in [3.05, 3.63) is 0 Å². The van der Waals surface area contributed by atoms with Crippen LogP contribution in [-0.2, 0) is 4.12 Å². The van der Waals surface area contributed by atoms with Gasteiger partial charge in [0.1, 0.15) is 18.6 Å². The first-order valence-electron chi connectivity index (χ1n) is 3.58. The van der Waals surface area contributed by atoms with Gasteiger partial charge in [0.2, 0.25) is 0 Å². The number of hydrogen-bond acceptors (Lipinski definition) is 1. The van der Waals surface area contributed by atoms with E-state index in [2.05, 4.69) is 0 Å². The topological polar surface area (TPSA) is 9.23 Å². The maximum atomic E-state index is 5.77. The Labute approximate surface area is 65.5 Å². The molecule has 0 unspecified atom stereocenters. The van der Waals surface area contributed by atoms with E-state index in [1.807, 2.05) is 0 Å². The van der Waals surface area contributed by atoms with Gasteiger partial charge in [-0.3, -0.25) is 0 Å². The summed E-state index contributed by atoms with van der Waals surface area (Å²) in [6.07, 6.45) is 0. The quantitative estimate of drug-likeness (QED) is 0.374. The molecule has 1 saturated heterocycles. The van der Waals surface area contributed by atoms with E-state index < -0.39 is 0 Å². The van der Waals surface area contributed by atoms with E-state index in [1.165, 1.54) is 0 Å². The lowest BCUT2D eigenvalue weighted by Gasteiger charge is -2.04. The predicted octanol–water partition coefficient (Wildman–Crippen LogP) is -6.48. The fourth-order valence-corrected chi connectivity index (χ4v) is 170. The lowest BCUT2D eigenvalue weighted by atomic mass is 15.8. The largest absolute Gasteiger partial charge is 0.472 e. The van der Waals surface area contributed by atoms with Gasteiger partial charge in [0.05, 0.1) is 0 Å². The van der Waals surface area contributed by atoms with Gasteiger partial charge >= 0.3 is 0 Å². The molecule has 0 bridgehead atoms. The van der Waals surface area contributed by atoms with Crippen LogP contribution in [0.3, 0.4) is 0 Å². The highest BCUT2D eigenvalue weighted by molar-refractivity contribution is 7.63. The SMILES string of the molecule is O1[SiH2][SiH2][SiH2][SiH2][SiH2][SiH2][SiH2]1. The maximum absolute atomic E-state index is 5.77. The van der Waals surface area contributed by atoms with Gasteiger partial charge in [0.15, 0.2) is 0 Å². The zero-order chi connectivity index (χ0) is 5.66. The van der Waals surface area contributed by atoms with Gasteiger partial charge < -0.3 is 4.12 Å². The first-order chi connectivity index (χ1) is 4.00. The molecule has 0 aromatic rings. The molecule has 0 atom stereocenters. The third-order valence-electron chi connectivity index (χ3n) is 1.58. The Hall–Kier alpha value is 1.48. The molecule has 8 heavy (non-hydrogen) atoms. The van der Waals surface area contributed by atoms with Crippen LogP contribution in [0, 0.1) is 0 Å². The van der Waals surface area contributed by atoms with Crippen LogP contribution in [0.5, 0.6) is 0 Å². The van der Waals surface area contributed by atoms with Crippen molar-refractivity contribution in [1.82, 2.24) is 0 Å². The van der Waals surface area contributed by atoms with Crippen molar-refractivity contribution < 1.29 is 4.12 Å². The van der Waals surface area contributed by atoms with E-state index in [-0.39, 0.29) is 0 Å². The molecule has 1 nitrogen and oxygen atoms in total. The molecule has 0 saturated carbocycles. The van der Waals surface area contributed by atoms with Crippen LogP contribution in [0.4, 0.5) is 0 Å². The monoisotopic (exact) mass is 226 g/mol. The first-order valence-corrected chi connectivity index (χ1v) is 28.7. The second-order valence-corrected chi connectivity index (χ2v) is 53.2. The van der Waals surface area contributed by atoms with Crippen LogP contribution in [-0.4, -0.2) is 61.3 Å². The van der Waals surface area contributed by atoms with E-state index in [9.17, 15) is 0 Å². The zero-order valence-electron chi connectivity index (χ0n) is 5.36. The van der Waals surface area contributed by atoms with Gasteiger partial charge in [-0.2, -0.15) is 0 Å². The highest BCUT2D eigenvalue weighted by Crippen LogP contribution is 1.67. The minimum atomic E-state index is 0.306.